The third-order valence-electron chi connectivity index (χ3n) is 4.26. The second-order valence-electron chi connectivity index (χ2n) is 6.15. The predicted octanol–water partition coefficient (Wildman–Crippen LogP) is 4.62. The fraction of sp³-hybridized carbons (Fsp3) is 0.444. The zero-order valence-corrected chi connectivity index (χ0v) is 15.3. The largest absolute Gasteiger partial charge is 0.341 e. The highest BCUT2D eigenvalue weighted by atomic mass is 32.2. The van der Waals surface area contributed by atoms with E-state index in [1.807, 2.05) is 43.1 Å². The van der Waals surface area contributed by atoms with Gasteiger partial charge in [-0.1, -0.05) is 6.42 Å². The summed E-state index contributed by atoms with van der Waals surface area (Å²) in [6.45, 7) is 2.91. The molecule has 3 nitrogen and oxygen atoms in total. The Morgan fingerprint density at radius 3 is 2.65 bits per heavy atom. The van der Waals surface area contributed by atoms with Gasteiger partial charge in [0.2, 0.25) is 0 Å². The molecule has 5 heteroatoms. The Bertz CT molecular complexity index is 662. The Morgan fingerprint density at radius 1 is 1.35 bits per heavy atom. The van der Waals surface area contributed by atoms with Crippen molar-refractivity contribution in [3.63, 3.8) is 0 Å². The second kappa shape index (κ2) is 7.49. The smallest absolute Gasteiger partial charge is 0.253 e. The van der Waals surface area contributed by atoms with E-state index in [1.165, 1.54) is 24.2 Å². The summed E-state index contributed by atoms with van der Waals surface area (Å²) < 4.78 is 0. The molecule has 2 aromatic rings. The molecule has 0 N–H and O–H groups in total. The van der Waals surface area contributed by atoms with Gasteiger partial charge in [0.25, 0.3) is 5.91 Å². The number of thioether (sulfide) groups is 1. The summed E-state index contributed by atoms with van der Waals surface area (Å²) in [5.74, 6) is 1.71. The van der Waals surface area contributed by atoms with Crippen molar-refractivity contribution in [1.29, 1.82) is 0 Å². The van der Waals surface area contributed by atoms with Crippen molar-refractivity contribution in [3.8, 4) is 0 Å². The van der Waals surface area contributed by atoms with E-state index in [1.54, 1.807) is 23.1 Å². The van der Waals surface area contributed by atoms with E-state index in [0.717, 1.165) is 28.6 Å². The normalized spacial score (nSPS) is 14.5. The summed E-state index contributed by atoms with van der Waals surface area (Å²) in [6, 6.07) is 7.95. The third kappa shape index (κ3) is 4.36. The van der Waals surface area contributed by atoms with Gasteiger partial charge in [0.05, 0.1) is 10.7 Å². The third-order valence-corrected chi connectivity index (χ3v) is 6.13. The molecular weight excluding hydrogens is 324 g/mol. The number of rotatable bonds is 6. The van der Waals surface area contributed by atoms with Gasteiger partial charge in [-0.25, -0.2) is 4.98 Å². The lowest BCUT2D eigenvalue weighted by Crippen LogP contribution is -2.34. The van der Waals surface area contributed by atoms with Crippen molar-refractivity contribution in [1.82, 2.24) is 9.88 Å². The van der Waals surface area contributed by atoms with E-state index in [-0.39, 0.29) is 5.91 Å². The highest BCUT2D eigenvalue weighted by Gasteiger charge is 2.21. The first-order valence-corrected chi connectivity index (χ1v) is 9.87. The van der Waals surface area contributed by atoms with Crippen LogP contribution in [0.25, 0.3) is 0 Å². The first-order valence-electron chi connectivity index (χ1n) is 8.01. The van der Waals surface area contributed by atoms with E-state index in [9.17, 15) is 4.79 Å². The topological polar surface area (TPSA) is 33.2 Å². The molecule has 0 radical (unpaired) electrons. The molecule has 0 aliphatic heterocycles. The Balaban J connectivity index is 1.54. The summed E-state index contributed by atoms with van der Waals surface area (Å²) in [5, 5.41) is 3.21. The molecule has 1 aromatic carbocycles. The van der Waals surface area contributed by atoms with Crippen molar-refractivity contribution in [2.24, 2.45) is 5.92 Å². The number of hydrogen-bond acceptors (Lipinski definition) is 4. The van der Waals surface area contributed by atoms with Crippen LogP contribution in [0.3, 0.4) is 0 Å². The van der Waals surface area contributed by atoms with Crippen LogP contribution in [-0.4, -0.2) is 29.4 Å². The molecular formula is C18H22N2OS2. The first-order chi connectivity index (χ1) is 11.1. The van der Waals surface area contributed by atoms with Gasteiger partial charge >= 0.3 is 0 Å². The van der Waals surface area contributed by atoms with Crippen LogP contribution < -0.4 is 0 Å². The van der Waals surface area contributed by atoms with Gasteiger partial charge in [0, 0.05) is 35.2 Å². The molecule has 0 bridgehead atoms. The van der Waals surface area contributed by atoms with Crippen LogP contribution in [0.2, 0.25) is 0 Å². The van der Waals surface area contributed by atoms with Gasteiger partial charge in [-0.05, 0) is 49.9 Å². The average Bonchev–Trinajstić information content (AvgIpc) is 2.94. The maximum absolute atomic E-state index is 12.4. The number of carbonyl (C=O) groups excluding carboxylic acids is 1. The van der Waals surface area contributed by atoms with Crippen LogP contribution in [0.4, 0.5) is 0 Å². The maximum Gasteiger partial charge on any atom is 0.253 e. The molecule has 0 saturated heterocycles. The SMILES string of the molecule is Cc1nc(CSc2ccc(C(=O)N(C)CC3CCC3)cc2)cs1. The number of hydrogen-bond donors (Lipinski definition) is 0. The summed E-state index contributed by atoms with van der Waals surface area (Å²) >= 11 is 3.44. The Kier molecular flexibility index (Phi) is 5.38. The minimum Gasteiger partial charge on any atom is -0.341 e. The van der Waals surface area contributed by atoms with Crippen LogP contribution in [0.15, 0.2) is 34.5 Å². The molecule has 1 fully saturated rings. The molecule has 1 amide bonds. The number of carbonyl (C=O) groups is 1. The van der Waals surface area contributed by atoms with E-state index in [0.29, 0.717) is 5.92 Å². The molecule has 3 rings (SSSR count). The molecule has 1 saturated carbocycles. The average molecular weight is 347 g/mol. The van der Waals surface area contributed by atoms with Crippen molar-refractivity contribution in [2.45, 2.75) is 36.8 Å². The van der Waals surface area contributed by atoms with Crippen LogP contribution in [0, 0.1) is 12.8 Å². The van der Waals surface area contributed by atoms with Gasteiger partial charge in [0.15, 0.2) is 0 Å². The number of amides is 1. The molecule has 0 unspecified atom stereocenters. The second-order valence-corrected chi connectivity index (χ2v) is 8.26. The lowest BCUT2D eigenvalue weighted by Gasteiger charge is -2.30. The van der Waals surface area contributed by atoms with Crippen molar-refractivity contribution in [3.05, 3.63) is 45.9 Å². The van der Waals surface area contributed by atoms with Crippen LogP contribution in [-0.2, 0) is 5.75 Å². The monoisotopic (exact) mass is 346 g/mol. The van der Waals surface area contributed by atoms with Gasteiger partial charge in [0.1, 0.15) is 0 Å². The minimum atomic E-state index is 0.128. The maximum atomic E-state index is 12.4. The highest BCUT2D eigenvalue weighted by molar-refractivity contribution is 7.98. The molecule has 1 aliphatic rings. The predicted molar refractivity (Wildman–Crippen MR) is 97.2 cm³/mol. The Morgan fingerprint density at radius 2 is 2.09 bits per heavy atom. The zero-order chi connectivity index (χ0) is 16.2. The fourth-order valence-electron chi connectivity index (χ4n) is 2.69. The fourth-order valence-corrected chi connectivity index (χ4v) is 4.20. The van der Waals surface area contributed by atoms with Crippen LogP contribution in [0.5, 0.6) is 0 Å². The number of nitrogens with zero attached hydrogens (tertiary/aromatic N) is 2. The van der Waals surface area contributed by atoms with Crippen LogP contribution >= 0.6 is 23.1 Å². The Hall–Kier alpha value is -1.33. The quantitative estimate of drug-likeness (QED) is 0.716. The summed E-state index contributed by atoms with van der Waals surface area (Å²) in [7, 11) is 1.91. The van der Waals surface area contributed by atoms with Gasteiger partial charge in [-0.3, -0.25) is 4.79 Å². The number of aryl methyl sites for hydroxylation is 1. The first kappa shape index (κ1) is 16.5. The Labute approximate surface area is 146 Å². The molecule has 0 atom stereocenters. The van der Waals surface area contributed by atoms with Crippen molar-refractivity contribution >= 4 is 29.0 Å². The lowest BCUT2D eigenvalue weighted by atomic mass is 9.85. The number of benzene rings is 1. The van der Waals surface area contributed by atoms with Gasteiger partial charge in [-0.2, -0.15) is 0 Å². The molecule has 122 valence electrons. The number of aromatic nitrogens is 1. The van der Waals surface area contributed by atoms with Crippen molar-refractivity contribution < 1.29 is 4.79 Å². The minimum absolute atomic E-state index is 0.128. The molecule has 1 heterocycles. The van der Waals surface area contributed by atoms with Gasteiger partial charge in [-0.15, -0.1) is 23.1 Å². The van der Waals surface area contributed by atoms with E-state index < -0.39 is 0 Å². The van der Waals surface area contributed by atoms with Gasteiger partial charge < -0.3 is 4.90 Å². The standard InChI is InChI=1S/C18H22N2OS2/c1-13-19-16(11-22-13)12-23-17-8-6-15(7-9-17)18(21)20(2)10-14-4-3-5-14/h6-9,11,14H,3-5,10,12H2,1-2H3. The summed E-state index contributed by atoms with van der Waals surface area (Å²) in [6.07, 6.45) is 3.85. The van der Waals surface area contributed by atoms with Crippen LogP contribution in [0.1, 0.15) is 40.3 Å². The zero-order valence-electron chi connectivity index (χ0n) is 13.6. The molecule has 23 heavy (non-hydrogen) atoms. The van der Waals surface area contributed by atoms with E-state index in [2.05, 4.69) is 10.4 Å². The molecule has 0 spiro atoms. The van der Waals surface area contributed by atoms with E-state index in [4.69, 9.17) is 0 Å². The highest BCUT2D eigenvalue weighted by Crippen LogP contribution is 2.27. The molecule has 1 aromatic heterocycles. The van der Waals surface area contributed by atoms with Crippen molar-refractivity contribution in [2.75, 3.05) is 13.6 Å². The lowest BCUT2D eigenvalue weighted by molar-refractivity contribution is 0.0745. The summed E-state index contributed by atoms with van der Waals surface area (Å²) in [5.41, 5.74) is 1.90. The summed E-state index contributed by atoms with van der Waals surface area (Å²) in [4.78, 5) is 19.9. The van der Waals surface area contributed by atoms with E-state index >= 15 is 0 Å². The number of thiazole rings is 1. The molecule has 1 aliphatic carbocycles.